The number of hydrogen-bond acceptors (Lipinski definition) is 4. The standard InChI is InChI=1S/C36H27N2.C13H24O2.Ir/c1-36(2,3)33-20-25(18-23-10-4-5-11-26(23)33)35-21-34(37-22-38-35)24-16-17-31-29-14-7-6-12-27(29)28-13-8-9-15-30(28)32(31)19-24;1-5-10(6-2)12(14)9-13(15)11(7-3)8-4;/h4-17,19-22H,1-3H3;9-11,14H,5-8H2,1-4H3;/q-1;;/b;12-9-;. The van der Waals surface area contributed by atoms with Crippen LogP contribution in [0.15, 0.2) is 121 Å². The molecule has 1 N–H and O–H groups in total. The smallest absolute Gasteiger partial charge is 0.162 e. The van der Waals surface area contributed by atoms with Crippen LogP contribution in [0.2, 0.25) is 0 Å². The minimum Gasteiger partial charge on any atom is -0.512 e. The fourth-order valence-corrected chi connectivity index (χ4v) is 7.50. The zero-order valence-corrected chi connectivity index (χ0v) is 34.9. The molecule has 6 aromatic carbocycles. The van der Waals surface area contributed by atoms with Gasteiger partial charge in [0.1, 0.15) is 6.33 Å². The van der Waals surface area contributed by atoms with Crippen LogP contribution < -0.4 is 0 Å². The molecule has 0 bridgehead atoms. The summed E-state index contributed by atoms with van der Waals surface area (Å²) in [5.41, 5.74) is 5.17. The molecule has 7 rings (SSSR count). The van der Waals surface area contributed by atoms with Crippen LogP contribution in [0.25, 0.3) is 65.6 Å². The predicted molar refractivity (Wildman–Crippen MR) is 224 cm³/mol. The Balaban J connectivity index is 0.000000301. The first-order valence-corrected chi connectivity index (χ1v) is 19.1. The van der Waals surface area contributed by atoms with Crippen molar-refractivity contribution in [1.29, 1.82) is 0 Å². The van der Waals surface area contributed by atoms with Crippen LogP contribution in [0.4, 0.5) is 0 Å². The number of ketones is 1. The molecule has 54 heavy (non-hydrogen) atoms. The molecule has 0 aliphatic carbocycles. The summed E-state index contributed by atoms with van der Waals surface area (Å²) in [5.74, 6) is 0.547. The van der Waals surface area contributed by atoms with Crippen molar-refractivity contribution in [3.05, 3.63) is 133 Å². The van der Waals surface area contributed by atoms with Crippen molar-refractivity contribution in [3.63, 3.8) is 0 Å². The van der Waals surface area contributed by atoms with Crippen LogP contribution >= 0.6 is 0 Å². The van der Waals surface area contributed by atoms with Crippen LogP contribution in [0.3, 0.4) is 0 Å². The van der Waals surface area contributed by atoms with Gasteiger partial charge in [0.2, 0.25) is 0 Å². The number of aliphatic hydroxyl groups excluding tert-OH is 1. The Labute approximate surface area is 334 Å². The normalized spacial score (nSPS) is 12.0. The molecular weight excluding hydrogens is 841 g/mol. The Kier molecular flexibility index (Phi) is 13.2. The van der Waals surface area contributed by atoms with E-state index in [9.17, 15) is 9.90 Å². The Bertz CT molecular complexity index is 2400. The Hall–Kier alpha value is -4.70. The molecule has 0 saturated heterocycles. The molecule has 4 nitrogen and oxygen atoms in total. The maximum atomic E-state index is 11.7. The number of carbonyl (C=O) groups excluding carboxylic acids is 1. The summed E-state index contributed by atoms with van der Waals surface area (Å²) in [6.07, 6.45) is 6.58. The number of fused-ring (bicyclic) bond motifs is 7. The molecule has 7 aromatic rings. The Morgan fingerprint density at radius 2 is 1.15 bits per heavy atom. The summed E-state index contributed by atoms with van der Waals surface area (Å²) < 4.78 is 0. The van der Waals surface area contributed by atoms with Crippen LogP contribution in [0.5, 0.6) is 0 Å². The van der Waals surface area contributed by atoms with Crippen molar-refractivity contribution < 1.29 is 30.0 Å². The molecule has 0 spiro atoms. The molecule has 5 heteroatoms. The Morgan fingerprint density at radius 1 is 0.648 bits per heavy atom. The average molecular weight is 892 g/mol. The maximum absolute atomic E-state index is 11.7. The van der Waals surface area contributed by atoms with Gasteiger partial charge in [0, 0.05) is 49.3 Å². The molecule has 0 saturated carbocycles. The molecule has 279 valence electrons. The summed E-state index contributed by atoms with van der Waals surface area (Å²) in [7, 11) is 0. The van der Waals surface area contributed by atoms with Gasteiger partial charge >= 0.3 is 0 Å². The van der Waals surface area contributed by atoms with Gasteiger partial charge in [-0.25, -0.2) is 4.98 Å². The summed E-state index contributed by atoms with van der Waals surface area (Å²) in [4.78, 5) is 21.1. The zero-order chi connectivity index (χ0) is 37.7. The second-order valence-corrected chi connectivity index (χ2v) is 15.0. The van der Waals surface area contributed by atoms with Gasteiger partial charge in [0.05, 0.1) is 11.5 Å². The van der Waals surface area contributed by atoms with Gasteiger partial charge in [0.15, 0.2) is 5.78 Å². The molecule has 0 unspecified atom stereocenters. The number of allylic oxidation sites excluding steroid dienone is 2. The topological polar surface area (TPSA) is 63.1 Å². The first kappa shape index (κ1) is 40.5. The van der Waals surface area contributed by atoms with Crippen LogP contribution in [-0.2, 0) is 30.3 Å². The van der Waals surface area contributed by atoms with E-state index in [4.69, 9.17) is 4.98 Å². The van der Waals surface area contributed by atoms with Crippen LogP contribution in [0.1, 0.15) is 79.7 Å². The zero-order valence-electron chi connectivity index (χ0n) is 32.5. The fraction of sp³-hybridized carbons (Fsp3) is 0.286. The van der Waals surface area contributed by atoms with Crippen LogP contribution in [0, 0.1) is 17.9 Å². The van der Waals surface area contributed by atoms with E-state index in [2.05, 4.69) is 135 Å². The minimum atomic E-state index is 0. The van der Waals surface area contributed by atoms with Crippen molar-refractivity contribution in [2.75, 3.05) is 0 Å². The number of benzene rings is 6. The van der Waals surface area contributed by atoms with E-state index in [1.807, 2.05) is 27.7 Å². The van der Waals surface area contributed by atoms with E-state index in [1.165, 1.54) is 49.3 Å². The second-order valence-electron chi connectivity index (χ2n) is 15.0. The summed E-state index contributed by atoms with van der Waals surface area (Å²) in [6.45, 7) is 14.8. The first-order chi connectivity index (χ1) is 25.6. The Morgan fingerprint density at radius 3 is 1.70 bits per heavy atom. The summed E-state index contributed by atoms with van der Waals surface area (Å²) in [6, 6.07) is 40.5. The van der Waals surface area contributed by atoms with E-state index >= 15 is 0 Å². The van der Waals surface area contributed by atoms with Gasteiger partial charge in [0.25, 0.3) is 0 Å². The summed E-state index contributed by atoms with van der Waals surface area (Å²) >= 11 is 0. The number of nitrogens with zero attached hydrogens (tertiary/aromatic N) is 2. The van der Waals surface area contributed by atoms with E-state index in [-0.39, 0.29) is 48.9 Å². The molecule has 1 aromatic heterocycles. The molecule has 0 amide bonds. The number of aliphatic hydroxyl groups is 1. The maximum Gasteiger partial charge on any atom is 0.162 e. The van der Waals surface area contributed by atoms with Gasteiger partial charge < -0.3 is 5.11 Å². The molecule has 0 atom stereocenters. The average Bonchev–Trinajstić information content (AvgIpc) is 3.18. The molecule has 1 radical (unpaired) electrons. The first-order valence-electron chi connectivity index (χ1n) is 19.1. The van der Waals surface area contributed by atoms with Crippen molar-refractivity contribution in [2.24, 2.45) is 11.8 Å². The van der Waals surface area contributed by atoms with E-state index < -0.39 is 0 Å². The van der Waals surface area contributed by atoms with E-state index in [0.717, 1.165) is 53.6 Å². The number of rotatable bonds is 9. The third-order valence-corrected chi connectivity index (χ3v) is 10.6. The van der Waals surface area contributed by atoms with Crippen molar-refractivity contribution >= 4 is 48.9 Å². The van der Waals surface area contributed by atoms with E-state index in [0.29, 0.717) is 0 Å². The molecule has 0 fully saturated rings. The molecule has 0 aliphatic rings. The summed E-state index contributed by atoms with van der Waals surface area (Å²) in [5, 5.41) is 19.7. The third-order valence-electron chi connectivity index (χ3n) is 10.6. The number of aromatic nitrogens is 2. The quantitative estimate of drug-likeness (QED) is 0.0679. The predicted octanol–water partition coefficient (Wildman–Crippen LogP) is 13.4. The van der Waals surface area contributed by atoms with Gasteiger partial charge in [-0.05, 0) is 75.5 Å². The molecule has 1 heterocycles. The fourth-order valence-electron chi connectivity index (χ4n) is 7.50. The molecule has 0 aliphatic heterocycles. The van der Waals surface area contributed by atoms with Gasteiger partial charge in [-0.1, -0.05) is 138 Å². The van der Waals surface area contributed by atoms with Gasteiger partial charge in [-0.15, -0.1) is 29.1 Å². The van der Waals surface area contributed by atoms with Crippen molar-refractivity contribution in [3.8, 4) is 22.5 Å². The monoisotopic (exact) mass is 892 g/mol. The third kappa shape index (κ3) is 8.49. The van der Waals surface area contributed by atoms with Gasteiger partial charge in [-0.2, -0.15) is 0 Å². The number of carbonyl (C=O) groups is 1. The molecular formula is C49H51IrN2O2-. The van der Waals surface area contributed by atoms with Crippen LogP contribution in [-0.4, -0.2) is 20.9 Å². The van der Waals surface area contributed by atoms with Crippen molar-refractivity contribution in [1.82, 2.24) is 9.97 Å². The number of hydrogen-bond donors (Lipinski definition) is 1. The van der Waals surface area contributed by atoms with Gasteiger partial charge in [-0.3, -0.25) is 9.78 Å². The van der Waals surface area contributed by atoms with Crippen molar-refractivity contribution in [2.45, 2.75) is 79.6 Å². The van der Waals surface area contributed by atoms with E-state index in [1.54, 1.807) is 6.33 Å². The SMILES string of the molecule is CC(C)(C)c1cc(-c2cc(-c3ccc4c5ccccc5c5ccccc5c4c3)ncn2)[c-]c2ccccc12.CCC(CC)C(=O)/C=C(\O)C(CC)CC.[Ir]. The largest absolute Gasteiger partial charge is 0.512 e. The minimum absolute atomic E-state index is 0. The second kappa shape index (κ2) is 17.6.